The van der Waals surface area contributed by atoms with E-state index in [0.717, 1.165) is 22.5 Å². The summed E-state index contributed by atoms with van der Waals surface area (Å²) in [4.78, 5) is 9.33. The van der Waals surface area contributed by atoms with Crippen molar-refractivity contribution in [2.45, 2.75) is 6.04 Å². The van der Waals surface area contributed by atoms with Crippen molar-refractivity contribution in [3.05, 3.63) is 77.6 Å². The number of fused-ring (bicyclic) bond motifs is 3. The molecule has 3 nitrogen and oxygen atoms in total. The molecule has 0 spiro atoms. The van der Waals surface area contributed by atoms with Gasteiger partial charge in [-0.05, 0) is 29.8 Å². The molecule has 0 fully saturated rings. The summed E-state index contributed by atoms with van der Waals surface area (Å²) in [6.45, 7) is 0. The van der Waals surface area contributed by atoms with E-state index < -0.39 is 0 Å². The van der Waals surface area contributed by atoms with Crippen LogP contribution in [0.15, 0.2) is 65.8 Å². The van der Waals surface area contributed by atoms with Crippen molar-refractivity contribution in [3.63, 3.8) is 0 Å². The molecular formula is C18H14N2O. The molecule has 21 heavy (non-hydrogen) atoms. The topological polar surface area (TPSA) is 45.5 Å². The van der Waals surface area contributed by atoms with E-state index in [4.69, 9.17) is 4.99 Å². The number of phenols is 1. The van der Waals surface area contributed by atoms with Gasteiger partial charge in [0.05, 0.1) is 11.4 Å². The molecule has 2 atom stereocenters. The number of rotatable bonds is 1. The van der Waals surface area contributed by atoms with Gasteiger partial charge >= 0.3 is 0 Å². The normalized spacial score (nSPS) is 22.4. The number of phenolic OH excluding ortho intramolecular Hbond substituents is 1. The lowest BCUT2D eigenvalue weighted by Gasteiger charge is -2.27. The van der Waals surface area contributed by atoms with Gasteiger partial charge in [-0.3, -0.25) is 9.98 Å². The highest BCUT2D eigenvalue weighted by atomic mass is 16.3. The maximum absolute atomic E-state index is 10.0. The summed E-state index contributed by atoms with van der Waals surface area (Å²) < 4.78 is 0. The number of allylic oxidation sites excluding steroid dienone is 1. The summed E-state index contributed by atoms with van der Waals surface area (Å²) in [6.07, 6.45) is 10.2. The second-order valence-electron chi connectivity index (χ2n) is 5.25. The zero-order valence-corrected chi connectivity index (χ0v) is 11.3. The predicted molar refractivity (Wildman–Crippen MR) is 83.3 cm³/mol. The van der Waals surface area contributed by atoms with E-state index in [1.54, 1.807) is 6.07 Å². The third-order valence-electron chi connectivity index (χ3n) is 3.95. The summed E-state index contributed by atoms with van der Waals surface area (Å²) in [5.74, 6) is 0.494. The van der Waals surface area contributed by atoms with Crippen LogP contribution in [0.5, 0.6) is 5.75 Å². The lowest BCUT2D eigenvalue weighted by Crippen LogP contribution is -2.19. The van der Waals surface area contributed by atoms with Crippen LogP contribution < -0.4 is 0 Å². The smallest absolute Gasteiger partial charge is 0.124 e. The van der Waals surface area contributed by atoms with E-state index in [0.29, 0.717) is 0 Å². The molecule has 0 radical (unpaired) electrons. The molecule has 2 aliphatic rings. The van der Waals surface area contributed by atoms with Crippen LogP contribution in [0.25, 0.3) is 6.08 Å². The second kappa shape index (κ2) is 4.70. The first-order chi connectivity index (χ1) is 10.3. The first-order valence-corrected chi connectivity index (χ1v) is 7.00. The van der Waals surface area contributed by atoms with Crippen LogP contribution in [0.2, 0.25) is 0 Å². The van der Waals surface area contributed by atoms with Gasteiger partial charge in [0.2, 0.25) is 0 Å². The Morgan fingerprint density at radius 1 is 0.952 bits per heavy atom. The molecule has 1 aliphatic heterocycles. The third kappa shape index (κ3) is 1.98. The molecule has 0 bridgehead atoms. The summed E-state index contributed by atoms with van der Waals surface area (Å²) in [7, 11) is 0. The Labute approximate surface area is 123 Å². The maximum Gasteiger partial charge on any atom is 0.124 e. The molecule has 1 N–H and O–H groups in total. The number of aromatic hydroxyl groups is 1. The lowest BCUT2D eigenvalue weighted by molar-refractivity contribution is 0.474. The number of pyridine rings is 1. The van der Waals surface area contributed by atoms with Crippen LogP contribution in [-0.2, 0) is 0 Å². The van der Waals surface area contributed by atoms with E-state index in [-0.39, 0.29) is 17.7 Å². The monoisotopic (exact) mass is 274 g/mol. The van der Waals surface area contributed by atoms with Crippen LogP contribution in [0.1, 0.15) is 22.9 Å². The Balaban J connectivity index is 1.82. The summed E-state index contributed by atoms with van der Waals surface area (Å²) >= 11 is 0. The molecular weight excluding hydrogens is 260 g/mol. The summed E-state index contributed by atoms with van der Waals surface area (Å²) in [5, 5.41) is 10.0. The molecule has 4 rings (SSSR count). The SMILES string of the molecule is Oc1ccccc1C1=NC2c3ncccc3C=CC2C=C1. The predicted octanol–water partition coefficient (Wildman–Crippen LogP) is 3.53. The van der Waals surface area contributed by atoms with Crippen molar-refractivity contribution in [1.29, 1.82) is 0 Å². The Morgan fingerprint density at radius 2 is 1.81 bits per heavy atom. The van der Waals surface area contributed by atoms with Crippen LogP contribution in [0.3, 0.4) is 0 Å². The Bertz CT molecular complexity index is 789. The molecule has 0 amide bonds. The van der Waals surface area contributed by atoms with Crippen LogP contribution in [-0.4, -0.2) is 15.8 Å². The highest BCUT2D eigenvalue weighted by Gasteiger charge is 2.28. The minimum Gasteiger partial charge on any atom is -0.507 e. The number of aromatic nitrogens is 1. The number of dihydropyridines is 1. The Hall–Kier alpha value is -2.68. The molecule has 2 heterocycles. The number of aliphatic imine (C=N–C) groups is 1. The zero-order chi connectivity index (χ0) is 14.2. The van der Waals surface area contributed by atoms with E-state index in [1.807, 2.05) is 36.5 Å². The Morgan fingerprint density at radius 3 is 2.71 bits per heavy atom. The van der Waals surface area contributed by atoms with Crippen LogP contribution in [0.4, 0.5) is 0 Å². The van der Waals surface area contributed by atoms with E-state index in [9.17, 15) is 5.11 Å². The van der Waals surface area contributed by atoms with Gasteiger partial charge in [0, 0.05) is 17.7 Å². The number of hydrogen-bond acceptors (Lipinski definition) is 3. The molecule has 1 aromatic heterocycles. The standard InChI is InChI=1S/C18H14N2O/c21-16-6-2-1-5-14(16)15-10-9-13-8-7-12-4-3-11-19-17(12)18(13)20-15/h1-11,13,18,21H. The minimum absolute atomic E-state index is 0.00851. The van der Waals surface area contributed by atoms with Gasteiger partial charge < -0.3 is 5.11 Å². The lowest BCUT2D eigenvalue weighted by atomic mass is 9.85. The molecule has 0 saturated heterocycles. The minimum atomic E-state index is -0.00851. The van der Waals surface area contributed by atoms with Crippen molar-refractivity contribution >= 4 is 11.8 Å². The maximum atomic E-state index is 10.0. The van der Waals surface area contributed by atoms with E-state index in [1.165, 1.54) is 0 Å². The van der Waals surface area contributed by atoms with Gasteiger partial charge in [-0.25, -0.2) is 0 Å². The van der Waals surface area contributed by atoms with Gasteiger partial charge in [0.1, 0.15) is 11.8 Å². The largest absolute Gasteiger partial charge is 0.507 e. The molecule has 1 aromatic carbocycles. The van der Waals surface area contributed by atoms with Crippen LogP contribution in [0, 0.1) is 5.92 Å². The third-order valence-corrected chi connectivity index (χ3v) is 3.95. The molecule has 2 aromatic rings. The first kappa shape index (κ1) is 12.1. The van der Waals surface area contributed by atoms with E-state index >= 15 is 0 Å². The van der Waals surface area contributed by atoms with E-state index in [2.05, 4.69) is 29.3 Å². The van der Waals surface area contributed by atoms with Crippen LogP contribution >= 0.6 is 0 Å². The average Bonchev–Trinajstić information content (AvgIpc) is 2.55. The number of para-hydroxylation sites is 1. The highest BCUT2D eigenvalue weighted by Crippen LogP contribution is 2.37. The molecule has 1 aliphatic carbocycles. The summed E-state index contributed by atoms with van der Waals surface area (Å²) in [5.41, 5.74) is 3.69. The average molecular weight is 274 g/mol. The van der Waals surface area contributed by atoms with Gasteiger partial charge in [-0.15, -0.1) is 0 Å². The van der Waals surface area contributed by atoms with Crippen molar-refractivity contribution < 1.29 is 5.11 Å². The second-order valence-corrected chi connectivity index (χ2v) is 5.25. The number of hydrogen-bond donors (Lipinski definition) is 1. The fourth-order valence-corrected chi connectivity index (χ4v) is 2.88. The zero-order valence-electron chi connectivity index (χ0n) is 11.3. The number of benzene rings is 1. The van der Waals surface area contributed by atoms with Crippen molar-refractivity contribution in [2.75, 3.05) is 0 Å². The van der Waals surface area contributed by atoms with Crippen molar-refractivity contribution in [3.8, 4) is 5.75 Å². The van der Waals surface area contributed by atoms with Gasteiger partial charge in [0.15, 0.2) is 0 Å². The van der Waals surface area contributed by atoms with Gasteiger partial charge in [-0.1, -0.05) is 36.4 Å². The Kier molecular flexibility index (Phi) is 2.71. The number of nitrogens with zero attached hydrogens (tertiary/aromatic N) is 2. The molecule has 0 saturated carbocycles. The van der Waals surface area contributed by atoms with Gasteiger partial charge in [0.25, 0.3) is 0 Å². The van der Waals surface area contributed by atoms with Gasteiger partial charge in [-0.2, -0.15) is 0 Å². The first-order valence-electron chi connectivity index (χ1n) is 7.00. The molecule has 102 valence electrons. The highest BCUT2D eigenvalue weighted by molar-refractivity contribution is 6.11. The molecule has 2 unspecified atom stereocenters. The van der Waals surface area contributed by atoms with Crippen molar-refractivity contribution in [2.24, 2.45) is 10.9 Å². The van der Waals surface area contributed by atoms with Crippen molar-refractivity contribution in [1.82, 2.24) is 4.98 Å². The fourth-order valence-electron chi connectivity index (χ4n) is 2.88. The fraction of sp³-hybridized carbons (Fsp3) is 0.111. The summed E-state index contributed by atoms with van der Waals surface area (Å²) in [6, 6.07) is 11.3. The molecule has 3 heteroatoms. The quantitative estimate of drug-likeness (QED) is 0.864.